The van der Waals surface area contributed by atoms with E-state index in [4.69, 9.17) is 9.51 Å². The number of hydrogen-bond donors (Lipinski definition) is 0. The van der Waals surface area contributed by atoms with E-state index >= 15 is 0 Å². The summed E-state index contributed by atoms with van der Waals surface area (Å²) in [6, 6.07) is 0.650. The Hall–Kier alpha value is -1.69. The van der Waals surface area contributed by atoms with Crippen molar-refractivity contribution in [1.29, 1.82) is 0 Å². The third kappa shape index (κ3) is 3.11. The van der Waals surface area contributed by atoms with Gasteiger partial charge in [-0.15, -0.1) is 0 Å². The van der Waals surface area contributed by atoms with Crippen LogP contribution in [0.15, 0.2) is 4.52 Å². The molecule has 0 aliphatic heterocycles. The lowest BCUT2D eigenvalue weighted by atomic mass is 10.1. The maximum Gasteiger partial charge on any atom is 0.229 e. The fraction of sp³-hybridized carbons (Fsp3) is 0.722. The van der Waals surface area contributed by atoms with Gasteiger partial charge in [-0.25, -0.2) is 0 Å². The highest BCUT2D eigenvalue weighted by molar-refractivity contribution is 5.24. The summed E-state index contributed by atoms with van der Waals surface area (Å²) >= 11 is 0. The van der Waals surface area contributed by atoms with E-state index in [1.165, 1.54) is 49.8 Å². The van der Waals surface area contributed by atoms with Gasteiger partial charge in [0.1, 0.15) is 0 Å². The predicted octanol–water partition coefficient (Wildman–Crippen LogP) is 3.24. The summed E-state index contributed by atoms with van der Waals surface area (Å²) in [6.45, 7) is 5.94. The summed E-state index contributed by atoms with van der Waals surface area (Å²) in [6.07, 6.45) is 7.51. The van der Waals surface area contributed by atoms with Crippen LogP contribution in [0.3, 0.4) is 0 Å². The SMILES string of the molecule is Cc1nn(C)c(C)c1CN(Cc1noc(C2CCCC2)n1)C1CC1. The van der Waals surface area contributed by atoms with Crippen LogP contribution in [0.25, 0.3) is 0 Å². The van der Waals surface area contributed by atoms with Crippen LogP contribution in [0.4, 0.5) is 0 Å². The van der Waals surface area contributed by atoms with Crippen molar-refractivity contribution in [2.24, 2.45) is 7.05 Å². The minimum atomic E-state index is 0.489. The van der Waals surface area contributed by atoms with E-state index in [0.717, 1.165) is 30.5 Å². The van der Waals surface area contributed by atoms with Gasteiger partial charge in [0.15, 0.2) is 5.82 Å². The zero-order chi connectivity index (χ0) is 16.7. The Morgan fingerprint density at radius 2 is 1.88 bits per heavy atom. The van der Waals surface area contributed by atoms with Crippen molar-refractivity contribution in [1.82, 2.24) is 24.8 Å². The second-order valence-electron chi connectivity index (χ2n) is 7.44. The van der Waals surface area contributed by atoms with Gasteiger partial charge in [-0.3, -0.25) is 9.58 Å². The van der Waals surface area contributed by atoms with Crippen molar-refractivity contribution in [3.8, 4) is 0 Å². The van der Waals surface area contributed by atoms with Crippen LogP contribution >= 0.6 is 0 Å². The van der Waals surface area contributed by atoms with E-state index in [1.54, 1.807) is 0 Å². The van der Waals surface area contributed by atoms with Gasteiger partial charge in [0, 0.05) is 36.8 Å². The van der Waals surface area contributed by atoms with Gasteiger partial charge in [-0.2, -0.15) is 10.1 Å². The first-order chi connectivity index (χ1) is 11.6. The molecule has 4 rings (SSSR count). The maximum atomic E-state index is 5.55. The average molecular weight is 329 g/mol. The fourth-order valence-corrected chi connectivity index (χ4v) is 3.86. The van der Waals surface area contributed by atoms with Crippen LogP contribution in [0, 0.1) is 13.8 Å². The Bertz CT molecular complexity index is 709. The van der Waals surface area contributed by atoms with Gasteiger partial charge in [0.2, 0.25) is 5.89 Å². The number of rotatable bonds is 6. The van der Waals surface area contributed by atoms with E-state index in [1.807, 2.05) is 11.7 Å². The van der Waals surface area contributed by atoms with Crippen LogP contribution in [0.2, 0.25) is 0 Å². The smallest absolute Gasteiger partial charge is 0.229 e. The normalized spacial score (nSPS) is 18.8. The molecule has 6 heteroatoms. The summed E-state index contributed by atoms with van der Waals surface area (Å²) in [5.74, 6) is 2.18. The molecule has 24 heavy (non-hydrogen) atoms. The molecule has 0 radical (unpaired) electrons. The van der Waals surface area contributed by atoms with E-state index < -0.39 is 0 Å². The molecule has 0 aromatic carbocycles. The molecule has 130 valence electrons. The summed E-state index contributed by atoms with van der Waals surface area (Å²) < 4.78 is 7.52. The number of nitrogens with zero attached hydrogens (tertiary/aromatic N) is 5. The van der Waals surface area contributed by atoms with Crippen molar-refractivity contribution < 1.29 is 4.52 Å². The highest BCUT2D eigenvalue weighted by Crippen LogP contribution is 2.34. The lowest BCUT2D eigenvalue weighted by Gasteiger charge is -2.20. The molecule has 6 nitrogen and oxygen atoms in total. The van der Waals surface area contributed by atoms with Gasteiger partial charge in [-0.05, 0) is 39.5 Å². The lowest BCUT2D eigenvalue weighted by molar-refractivity contribution is 0.234. The number of hydrogen-bond acceptors (Lipinski definition) is 5. The molecule has 2 aromatic heterocycles. The van der Waals surface area contributed by atoms with Gasteiger partial charge < -0.3 is 4.52 Å². The molecule has 0 spiro atoms. The Labute approximate surface area is 143 Å². The summed E-state index contributed by atoms with van der Waals surface area (Å²) in [7, 11) is 2.01. The van der Waals surface area contributed by atoms with E-state index in [0.29, 0.717) is 12.0 Å². The first-order valence-electron chi connectivity index (χ1n) is 9.17. The van der Waals surface area contributed by atoms with Crippen LogP contribution < -0.4 is 0 Å². The third-order valence-electron chi connectivity index (χ3n) is 5.62. The minimum absolute atomic E-state index is 0.489. The number of aryl methyl sites for hydroxylation is 2. The Balaban J connectivity index is 1.48. The molecule has 0 atom stereocenters. The highest BCUT2D eigenvalue weighted by atomic mass is 16.5. The molecular weight excluding hydrogens is 302 g/mol. The molecule has 0 unspecified atom stereocenters. The van der Waals surface area contributed by atoms with E-state index in [-0.39, 0.29) is 0 Å². The second kappa shape index (κ2) is 6.31. The monoisotopic (exact) mass is 329 g/mol. The molecule has 0 saturated heterocycles. The zero-order valence-corrected chi connectivity index (χ0v) is 15.0. The molecule has 2 saturated carbocycles. The van der Waals surface area contributed by atoms with Crippen molar-refractivity contribution in [3.05, 3.63) is 28.7 Å². The van der Waals surface area contributed by atoms with Gasteiger partial charge >= 0.3 is 0 Å². The number of aromatic nitrogens is 4. The first kappa shape index (κ1) is 15.8. The molecular formula is C18H27N5O. The van der Waals surface area contributed by atoms with Crippen molar-refractivity contribution >= 4 is 0 Å². The van der Waals surface area contributed by atoms with Gasteiger partial charge in [0.05, 0.1) is 12.2 Å². The molecule has 2 heterocycles. The summed E-state index contributed by atoms with van der Waals surface area (Å²) in [5, 5.41) is 8.80. The second-order valence-corrected chi connectivity index (χ2v) is 7.44. The Morgan fingerprint density at radius 1 is 1.12 bits per heavy atom. The van der Waals surface area contributed by atoms with Crippen molar-refractivity contribution in [3.63, 3.8) is 0 Å². The van der Waals surface area contributed by atoms with Crippen LogP contribution in [0.5, 0.6) is 0 Å². The molecule has 2 aromatic rings. The summed E-state index contributed by atoms with van der Waals surface area (Å²) in [5.41, 5.74) is 3.71. The third-order valence-corrected chi connectivity index (χ3v) is 5.62. The molecule has 0 N–H and O–H groups in total. The molecule has 0 bridgehead atoms. The van der Waals surface area contributed by atoms with Gasteiger partial charge in [0.25, 0.3) is 0 Å². The molecule has 2 fully saturated rings. The van der Waals surface area contributed by atoms with Crippen LogP contribution in [-0.2, 0) is 20.1 Å². The first-order valence-corrected chi connectivity index (χ1v) is 9.17. The van der Waals surface area contributed by atoms with Gasteiger partial charge in [-0.1, -0.05) is 18.0 Å². The topological polar surface area (TPSA) is 60.0 Å². The minimum Gasteiger partial charge on any atom is -0.339 e. The fourth-order valence-electron chi connectivity index (χ4n) is 3.86. The lowest BCUT2D eigenvalue weighted by Crippen LogP contribution is -2.26. The van der Waals surface area contributed by atoms with Crippen LogP contribution in [0.1, 0.15) is 73.1 Å². The maximum absolute atomic E-state index is 5.55. The van der Waals surface area contributed by atoms with Crippen molar-refractivity contribution in [2.75, 3.05) is 0 Å². The Morgan fingerprint density at radius 3 is 2.50 bits per heavy atom. The van der Waals surface area contributed by atoms with E-state index in [2.05, 4.69) is 29.0 Å². The molecule has 2 aliphatic rings. The Kier molecular flexibility index (Phi) is 4.16. The molecule has 2 aliphatic carbocycles. The highest BCUT2D eigenvalue weighted by Gasteiger charge is 2.32. The molecule has 0 amide bonds. The zero-order valence-electron chi connectivity index (χ0n) is 15.0. The quantitative estimate of drug-likeness (QED) is 0.814. The van der Waals surface area contributed by atoms with Crippen molar-refractivity contribution in [2.45, 2.75) is 77.4 Å². The van der Waals surface area contributed by atoms with Crippen LogP contribution in [-0.4, -0.2) is 30.9 Å². The standard InChI is InChI=1S/C18H27N5O/c1-12-16(13(2)22(3)20-12)10-23(15-8-9-15)11-17-19-18(24-21-17)14-6-4-5-7-14/h14-15H,4-11H2,1-3H3. The summed E-state index contributed by atoms with van der Waals surface area (Å²) in [4.78, 5) is 7.18. The largest absolute Gasteiger partial charge is 0.339 e. The predicted molar refractivity (Wildman–Crippen MR) is 90.5 cm³/mol. The average Bonchev–Trinajstić information content (AvgIpc) is 2.98. The van der Waals surface area contributed by atoms with E-state index in [9.17, 15) is 0 Å².